The van der Waals surface area contributed by atoms with E-state index in [2.05, 4.69) is 5.32 Å². The van der Waals surface area contributed by atoms with Crippen molar-refractivity contribution in [1.29, 1.82) is 0 Å². The summed E-state index contributed by atoms with van der Waals surface area (Å²) in [6.45, 7) is 4.97. The monoisotopic (exact) mass is 373 g/mol. The molecular weight excluding hydrogens is 351 g/mol. The maximum Gasteiger partial charge on any atom is 0.408 e. The number of hydrogen-bond acceptors (Lipinski definition) is 4. The Hall–Kier alpha value is -2.09. The molecule has 1 saturated heterocycles. The molecule has 1 aliphatic heterocycles. The smallest absolute Gasteiger partial charge is 0.408 e. The lowest BCUT2D eigenvalue weighted by atomic mass is 9.77. The Labute approximate surface area is 149 Å². The van der Waals surface area contributed by atoms with E-state index in [1.165, 1.54) is 18.2 Å². The third-order valence-corrected chi connectivity index (χ3v) is 4.11. The maximum absolute atomic E-state index is 14.5. The molecule has 0 radical (unpaired) electrons. The van der Waals surface area contributed by atoms with Gasteiger partial charge < -0.3 is 19.6 Å². The molecule has 1 N–H and O–H groups in total. The molecule has 1 fully saturated rings. The van der Waals surface area contributed by atoms with Crippen molar-refractivity contribution in [3.8, 4) is 0 Å². The van der Waals surface area contributed by atoms with E-state index in [0.29, 0.717) is 6.92 Å². The van der Waals surface area contributed by atoms with Gasteiger partial charge in [0.1, 0.15) is 29.3 Å². The molecule has 3 atom stereocenters. The average Bonchev–Trinajstić information content (AvgIpc) is 2.84. The maximum atomic E-state index is 14.5. The molecule has 144 valence electrons. The molecule has 0 saturated carbocycles. The standard InChI is InChI=1S/C18H22F3NO4/c1-16(2,3)26-15(24)22-18(11-7-5-6-8-13(11)19)10-25-14(12(18)9-23)17(4,20)21/h5-9,12,14H,10H2,1-4H3,(H,22,24)/t12-,14+,18-/m1/s1. The van der Waals surface area contributed by atoms with E-state index in [9.17, 15) is 22.8 Å². The van der Waals surface area contributed by atoms with Crippen molar-refractivity contribution in [2.24, 2.45) is 5.92 Å². The third kappa shape index (κ3) is 4.00. The van der Waals surface area contributed by atoms with Crippen LogP contribution >= 0.6 is 0 Å². The summed E-state index contributed by atoms with van der Waals surface area (Å²) in [5, 5.41) is 2.42. The summed E-state index contributed by atoms with van der Waals surface area (Å²) in [5.41, 5.74) is -2.79. The van der Waals surface area contributed by atoms with Gasteiger partial charge in [0.15, 0.2) is 0 Å². The van der Waals surface area contributed by atoms with Gasteiger partial charge >= 0.3 is 6.09 Å². The van der Waals surface area contributed by atoms with Crippen molar-refractivity contribution in [2.75, 3.05) is 6.61 Å². The summed E-state index contributed by atoms with van der Waals surface area (Å²) in [5.74, 6) is -5.63. The lowest BCUT2D eigenvalue weighted by Gasteiger charge is -2.35. The van der Waals surface area contributed by atoms with Gasteiger partial charge in [0.25, 0.3) is 5.92 Å². The molecule has 0 spiro atoms. The molecule has 2 rings (SSSR count). The summed E-state index contributed by atoms with van der Waals surface area (Å²) in [4.78, 5) is 24.0. The van der Waals surface area contributed by atoms with Gasteiger partial charge in [0.05, 0.1) is 12.5 Å². The topological polar surface area (TPSA) is 64.6 Å². The number of hydrogen-bond donors (Lipinski definition) is 1. The summed E-state index contributed by atoms with van der Waals surface area (Å²) < 4.78 is 52.6. The fourth-order valence-electron chi connectivity index (χ4n) is 3.08. The van der Waals surface area contributed by atoms with E-state index in [4.69, 9.17) is 9.47 Å². The van der Waals surface area contributed by atoms with E-state index >= 15 is 0 Å². The van der Waals surface area contributed by atoms with Crippen molar-refractivity contribution in [3.63, 3.8) is 0 Å². The van der Waals surface area contributed by atoms with Crippen LogP contribution in [0.3, 0.4) is 0 Å². The van der Waals surface area contributed by atoms with Crippen LogP contribution in [0.5, 0.6) is 0 Å². The molecule has 1 aliphatic rings. The van der Waals surface area contributed by atoms with Gasteiger partial charge in [-0.15, -0.1) is 0 Å². The van der Waals surface area contributed by atoms with E-state index in [0.717, 1.165) is 6.07 Å². The second kappa shape index (κ2) is 6.90. The molecule has 5 nitrogen and oxygen atoms in total. The fourth-order valence-corrected chi connectivity index (χ4v) is 3.08. The minimum atomic E-state index is -3.37. The zero-order chi connectivity index (χ0) is 19.8. The molecule has 8 heteroatoms. The first-order valence-corrected chi connectivity index (χ1v) is 8.11. The van der Waals surface area contributed by atoms with E-state index in [1.54, 1.807) is 20.8 Å². The van der Waals surface area contributed by atoms with Crippen molar-refractivity contribution < 1.29 is 32.2 Å². The molecule has 0 aromatic heterocycles. The largest absolute Gasteiger partial charge is 0.444 e. The molecule has 1 aromatic carbocycles. The van der Waals surface area contributed by atoms with Crippen LogP contribution in [-0.2, 0) is 19.8 Å². The molecule has 1 aromatic rings. The SMILES string of the molecule is CC(C)(C)OC(=O)N[C@@]1(c2ccccc2F)CO[C@H](C(C)(F)F)[C@H]1C=O. The second-order valence-electron chi connectivity index (χ2n) is 7.43. The summed E-state index contributed by atoms with van der Waals surface area (Å²) in [6.07, 6.45) is -2.51. The van der Waals surface area contributed by atoms with Gasteiger partial charge in [0.2, 0.25) is 0 Å². The summed E-state index contributed by atoms with van der Waals surface area (Å²) >= 11 is 0. The molecule has 26 heavy (non-hydrogen) atoms. The van der Waals surface area contributed by atoms with Gasteiger partial charge in [0, 0.05) is 12.5 Å². The number of alkyl halides is 2. The number of alkyl carbamates (subject to hydrolysis) is 1. The predicted molar refractivity (Wildman–Crippen MR) is 87.4 cm³/mol. The number of benzene rings is 1. The van der Waals surface area contributed by atoms with Gasteiger partial charge in [-0.2, -0.15) is 0 Å². The number of nitrogens with one attached hydrogen (secondary N) is 1. The first kappa shape index (κ1) is 20.2. The lowest BCUT2D eigenvalue weighted by Crippen LogP contribution is -2.55. The average molecular weight is 373 g/mol. The highest BCUT2D eigenvalue weighted by molar-refractivity contribution is 5.72. The summed E-state index contributed by atoms with van der Waals surface area (Å²) in [6, 6.07) is 5.34. The van der Waals surface area contributed by atoms with E-state index in [1.807, 2.05) is 0 Å². The van der Waals surface area contributed by atoms with Crippen LogP contribution < -0.4 is 5.32 Å². The van der Waals surface area contributed by atoms with Crippen LogP contribution in [0, 0.1) is 11.7 Å². The predicted octanol–water partition coefficient (Wildman–Crippen LogP) is 3.41. The van der Waals surface area contributed by atoms with Crippen molar-refractivity contribution in [2.45, 2.75) is 50.9 Å². The normalized spacial score (nSPS) is 26.4. The number of carbonyl (C=O) groups excluding carboxylic acids is 2. The quantitative estimate of drug-likeness (QED) is 0.822. The van der Waals surface area contributed by atoms with Gasteiger partial charge in [-0.1, -0.05) is 18.2 Å². The summed E-state index contributed by atoms with van der Waals surface area (Å²) in [7, 11) is 0. The lowest BCUT2D eigenvalue weighted by molar-refractivity contribution is -0.132. The molecule has 0 aliphatic carbocycles. The van der Waals surface area contributed by atoms with Crippen LogP contribution in [0.4, 0.5) is 18.0 Å². The number of aldehydes is 1. The van der Waals surface area contributed by atoms with E-state index in [-0.39, 0.29) is 11.8 Å². The van der Waals surface area contributed by atoms with Crippen LogP contribution in [0.15, 0.2) is 24.3 Å². The number of amides is 1. The number of carbonyl (C=O) groups is 2. The molecule has 0 bridgehead atoms. The number of ether oxygens (including phenoxy) is 2. The highest BCUT2D eigenvalue weighted by Gasteiger charge is 2.59. The van der Waals surface area contributed by atoms with Gasteiger partial charge in [-0.05, 0) is 26.8 Å². The number of halogens is 3. The van der Waals surface area contributed by atoms with Crippen molar-refractivity contribution >= 4 is 12.4 Å². The van der Waals surface area contributed by atoms with Gasteiger partial charge in [-0.25, -0.2) is 18.0 Å². The van der Waals surface area contributed by atoms with Crippen molar-refractivity contribution in [3.05, 3.63) is 35.6 Å². The minimum absolute atomic E-state index is 0.116. The molecule has 0 unspecified atom stereocenters. The van der Waals surface area contributed by atoms with Crippen LogP contribution in [0.1, 0.15) is 33.3 Å². The first-order valence-electron chi connectivity index (χ1n) is 8.11. The minimum Gasteiger partial charge on any atom is -0.444 e. The van der Waals surface area contributed by atoms with Crippen LogP contribution in [0.25, 0.3) is 0 Å². The zero-order valence-electron chi connectivity index (χ0n) is 15.0. The third-order valence-electron chi connectivity index (χ3n) is 4.11. The Morgan fingerprint density at radius 2 is 1.92 bits per heavy atom. The Morgan fingerprint density at radius 3 is 2.42 bits per heavy atom. The fraction of sp³-hybridized carbons (Fsp3) is 0.556. The van der Waals surface area contributed by atoms with E-state index < -0.39 is 47.6 Å². The Morgan fingerprint density at radius 1 is 1.31 bits per heavy atom. The Bertz CT molecular complexity index is 684. The Kier molecular flexibility index (Phi) is 5.37. The Balaban J connectivity index is 2.52. The van der Waals surface area contributed by atoms with Crippen molar-refractivity contribution in [1.82, 2.24) is 5.32 Å². The highest BCUT2D eigenvalue weighted by Crippen LogP contribution is 2.44. The van der Waals surface area contributed by atoms with Crippen LogP contribution in [-0.4, -0.2) is 36.6 Å². The van der Waals surface area contributed by atoms with Crippen LogP contribution in [0.2, 0.25) is 0 Å². The first-order chi connectivity index (χ1) is 11.9. The molecular formula is C18H22F3NO4. The molecule has 1 heterocycles. The number of rotatable bonds is 4. The zero-order valence-corrected chi connectivity index (χ0v) is 15.0. The second-order valence-corrected chi connectivity index (χ2v) is 7.43. The van der Waals surface area contributed by atoms with Gasteiger partial charge in [-0.3, -0.25) is 0 Å². The molecule has 1 amide bonds. The highest BCUT2D eigenvalue weighted by atomic mass is 19.3.